The molecule has 1 aromatic carbocycles. The molecule has 10 atom stereocenters. The SMILES string of the molecule is C[C@H](CCC(=O)N=Nc1c(O)[nH]c2cc([N+](=O)[O-])ccc12)[C@H]1CC[C@H]2[C@@H]3[C@H](O)C[C@H]4C[C@@H](O)CC[C@]4(C)[C@H]3CC[C@]12C. The van der Waals surface area contributed by atoms with Crippen LogP contribution < -0.4 is 0 Å². The third kappa shape index (κ3) is 4.75. The van der Waals surface area contributed by atoms with Gasteiger partial charge in [-0.15, -0.1) is 10.2 Å². The maximum atomic E-state index is 12.7. The number of nitro benzene ring substituents is 1. The van der Waals surface area contributed by atoms with Crippen LogP contribution in [-0.4, -0.2) is 43.3 Å². The highest BCUT2D eigenvalue weighted by Crippen LogP contribution is 2.68. The molecule has 4 aliphatic carbocycles. The van der Waals surface area contributed by atoms with Gasteiger partial charge >= 0.3 is 0 Å². The van der Waals surface area contributed by atoms with Crippen LogP contribution in [0, 0.1) is 56.5 Å². The van der Waals surface area contributed by atoms with E-state index in [9.17, 15) is 30.2 Å². The van der Waals surface area contributed by atoms with Crippen molar-refractivity contribution in [3.8, 4) is 5.88 Å². The molecule has 1 aromatic heterocycles. The van der Waals surface area contributed by atoms with Crippen molar-refractivity contribution < 1.29 is 25.0 Å². The summed E-state index contributed by atoms with van der Waals surface area (Å²) in [5.74, 6) is 1.88. The predicted molar refractivity (Wildman–Crippen MR) is 157 cm³/mol. The molecule has 2 aromatic rings. The van der Waals surface area contributed by atoms with E-state index in [0.717, 1.165) is 51.4 Å². The van der Waals surface area contributed by atoms with Gasteiger partial charge in [0.25, 0.3) is 11.6 Å². The van der Waals surface area contributed by atoms with Crippen molar-refractivity contribution in [1.29, 1.82) is 0 Å². The van der Waals surface area contributed by atoms with Crippen molar-refractivity contribution in [3.63, 3.8) is 0 Å². The Labute approximate surface area is 246 Å². The Morgan fingerprint density at radius 3 is 2.62 bits per heavy atom. The van der Waals surface area contributed by atoms with E-state index in [2.05, 4.69) is 36.0 Å². The van der Waals surface area contributed by atoms with Gasteiger partial charge in [-0.05, 0) is 110 Å². The zero-order chi connectivity index (χ0) is 30.0. The molecule has 228 valence electrons. The summed E-state index contributed by atoms with van der Waals surface area (Å²) in [6.07, 6.45) is 8.52. The van der Waals surface area contributed by atoms with Crippen LogP contribution in [0.2, 0.25) is 0 Å². The Balaban J connectivity index is 1.10. The summed E-state index contributed by atoms with van der Waals surface area (Å²) in [5.41, 5.74) is 0.684. The van der Waals surface area contributed by atoms with Crippen LogP contribution in [0.5, 0.6) is 5.88 Å². The number of aromatic hydroxyl groups is 1. The Bertz CT molecular complexity index is 1410. The normalized spacial score (nSPS) is 38.6. The molecule has 4 fully saturated rings. The topological polar surface area (TPSA) is 161 Å². The smallest absolute Gasteiger partial charge is 0.271 e. The average molecular weight is 581 g/mol. The summed E-state index contributed by atoms with van der Waals surface area (Å²) in [7, 11) is 0. The van der Waals surface area contributed by atoms with Gasteiger partial charge in [-0.2, -0.15) is 0 Å². The number of amides is 1. The van der Waals surface area contributed by atoms with Gasteiger partial charge in [-0.3, -0.25) is 14.9 Å². The fourth-order valence-electron chi connectivity index (χ4n) is 10.3. The van der Waals surface area contributed by atoms with Gasteiger partial charge in [-0.1, -0.05) is 20.8 Å². The zero-order valence-electron chi connectivity index (χ0n) is 24.8. The number of benzene rings is 1. The first-order chi connectivity index (χ1) is 19.9. The molecule has 10 heteroatoms. The molecule has 1 amide bonds. The Hall–Kier alpha value is -2.85. The van der Waals surface area contributed by atoms with E-state index in [1.807, 2.05) is 0 Å². The third-order valence-electron chi connectivity index (χ3n) is 12.4. The number of nitrogens with zero attached hydrogens (tertiary/aromatic N) is 3. The quantitative estimate of drug-likeness (QED) is 0.167. The molecular weight excluding hydrogens is 536 g/mol. The van der Waals surface area contributed by atoms with Crippen molar-refractivity contribution in [3.05, 3.63) is 28.3 Å². The lowest BCUT2D eigenvalue weighted by atomic mass is 9.43. The highest BCUT2D eigenvalue weighted by molar-refractivity contribution is 5.95. The number of hydrogen-bond donors (Lipinski definition) is 4. The molecule has 4 aliphatic rings. The van der Waals surface area contributed by atoms with Gasteiger partial charge in [0, 0.05) is 23.9 Å². The lowest BCUT2D eigenvalue weighted by molar-refractivity contribution is -0.384. The van der Waals surface area contributed by atoms with Crippen LogP contribution in [-0.2, 0) is 4.79 Å². The second-order valence-electron chi connectivity index (χ2n) is 14.4. The van der Waals surface area contributed by atoms with Crippen molar-refractivity contribution in [2.45, 2.75) is 97.2 Å². The van der Waals surface area contributed by atoms with Gasteiger partial charge in [0.15, 0.2) is 5.69 Å². The first kappa shape index (κ1) is 29.2. The van der Waals surface area contributed by atoms with E-state index >= 15 is 0 Å². The molecule has 1 heterocycles. The average Bonchev–Trinajstić information content (AvgIpc) is 3.46. The Morgan fingerprint density at radius 1 is 1.12 bits per heavy atom. The number of carbonyl (C=O) groups excluding carboxylic acids is 1. The summed E-state index contributed by atoms with van der Waals surface area (Å²) in [5, 5.41) is 51.4. The number of hydrogen-bond acceptors (Lipinski definition) is 7. The van der Waals surface area contributed by atoms with Crippen LogP contribution >= 0.6 is 0 Å². The number of aliphatic hydroxyl groups excluding tert-OH is 2. The van der Waals surface area contributed by atoms with Gasteiger partial charge in [0.2, 0.25) is 5.88 Å². The molecule has 10 nitrogen and oxygen atoms in total. The minimum absolute atomic E-state index is 0.0960. The number of fused-ring (bicyclic) bond motifs is 6. The minimum Gasteiger partial charge on any atom is -0.493 e. The number of aromatic nitrogens is 1. The Kier molecular flexibility index (Phi) is 7.45. The second-order valence-corrected chi connectivity index (χ2v) is 14.4. The minimum atomic E-state index is -0.516. The third-order valence-corrected chi connectivity index (χ3v) is 12.4. The summed E-state index contributed by atoms with van der Waals surface area (Å²) >= 11 is 0. The van der Waals surface area contributed by atoms with Crippen molar-refractivity contribution in [2.24, 2.45) is 56.6 Å². The van der Waals surface area contributed by atoms with E-state index in [4.69, 9.17) is 0 Å². The predicted octanol–water partition coefficient (Wildman–Crippen LogP) is 6.80. The lowest BCUT2D eigenvalue weighted by Gasteiger charge is -2.62. The molecular formula is C32H44N4O6. The number of rotatable bonds is 6. The summed E-state index contributed by atoms with van der Waals surface area (Å²) in [6, 6.07) is 4.12. The van der Waals surface area contributed by atoms with Crippen LogP contribution in [0.4, 0.5) is 11.4 Å². The number of azo groups is 1. The van der Waals surface area contributed by atoms with E-state index in [1.54, 1.807) is 0 Å². The zero-order valence-corrected chi connectivity index (χ0v) is 24.8. The molecule has 4 saturated carbocycles. The number of aromatic amines is 1. The second kappa shape index (κ2) is 10.7. The van der Waals surface area contributed by atoms with Gasteiger partial charge < -0.3 is 20.3 Å². The number of non-ortho nitro benzene ring substituents is 1. The number of nitro groups is 1. The van der Waals surface area contributed by atoms with Crippen molar-refractivity contribution >= 4 is 28.2 Å². The highest BCUT2D eigenvalue weighted by atomic mass is 16.6. The molecule has 0 aliphatic heterocycles. The maximum Gasteiger partial charge on any atom is 0.271 e. The van der Waals surface area contributed by atoms with Gasteiger partial charge in [0.1, 0.15) is 0 Å². The Morgan fingerprint density at radius 2 is 1.86 bits per heavy atom. The van der Waals surface area contributed by atoms with E-state index in [1.165, 1.54) is 18.2 Å². The fourth-order valence-corrected chi connectivity index (χ4v) is 10.3. The number of carbonyl (C=O) groups is 1. The van der Waals surface area contributed by atoms with E-state index < -0.39 is 4.92 Å². The number of H-pyrrole nitrogens is 1. The molecule has 0 saturated heterocycles. The highest BCUT2D eigenvalue weighted by Gasteiger charge is 2.62. The maximum absolute atomic E-state index is 12.7. The van der Waals surface area contributed by atoms with E-state index in [-0.39, 0.29) is 52.6 Å². The first-order valence-corrected chi connectivity index (χ1v) is 15.7. The lowest BCUT2D eigenvalue weighted by Crippen LogP contribution is -2.58. The summed E-state index contributed by atoms with van der Waals surface area (Å²) in [4.78, 5) is 25.9. The molecule has 0 unspecified atom stereocenters. The number of nitrogens with one attached hydrogen (secondary N) is 1. The fraction of sp³-hybridized carbons (Fsp3) is 0.719. The van der Waals surface area contributed by atoms with E-state index in [0.29, 0.717) is 52.8 Å². The molecule has 42 heavy (non-hydrogen) atoms. The van der Waals surface area contributed by atoms with Crippen LogP contribution in [0.1, 0.15) is 85.0 Å². The van der Waals surface area contributed by atoms with Crippen molar-refractivity contribution in [2.75, 3.05) is 0 Å². The standard InChI is InChI=1S/C32H44N4O6/c1-17(4-9-27(39)34-35-29-21-6-5-19(36(41)42)16-25(21)33-30(29)40)22-7-8-23-28-24(11-13-32(22,23)3)31(2)12-10-20(37)14-18(31)15-26(28)38/h5-6,16-18,20,22-24,26,28,33,37-38,40H,4,7-15H2,1-3H3/t17-,18-,20+,22-,23+,24+,26-,28+,31+,32-/m1/s1. The molecule has 0 radical (unpaired) electrons. The van der Waals surface area contributed by atoms with Crippen LogP contribution in [0.25, 0.3) is 10.9 Å². The monoisotopic (exact) mass is 580 g/mol. The largest absolute Gasteiger partial charge is 0.493 e. The number of aliphatic hydroxyl groups is 2. The van der Waals surface area contributed by atoms with Crippen molar-refractivity contribution in [1.82, 2.24) is 4.98 Å². The molecule has 0 bridgehead atoms. The summed E-state index contributed by atoms with van der Waals surface area (Å²) in [6.45, 7) is 7.11. The van der Waals surface area contributed by atoms with Gasteiger partial charge in [0.05, 0.1) is 22.6 Å². The molecule has 0 spiro atoms. The van der Waals surface area contributed by atoms with Gasteiger partial charge in [-0.25, -0.2) is 0 Å². The summed E-state index contributed by atoms with van der Waals surface area (Å²) < 4.78 is 0. The first-order valence-electron chi connectivity index (χ1n) is 15.7. The van der Waals surface area contributed by atoms with Crippen LogP contribution in [0.15, 0.2) is 28.4 Å². The molecule has 4 N–H and O–H groups in total. The molecule has 6 rings (SSSR count). The van der Waals surface area contributed by atoms with Crippen LogP contribution in [0.3, 0.4) is 0 Å².